The van der Waals surface area contributed by atoms with Crippen molar-refractivity contribution in [1.29, 1.82) is 0 Å². The van der Waals surface area contributed by atoms with Crippen LogP contribution in [0.25, 0.3) is 11.2 Å². The van der Waals surface area contributed by atoms with Crippen molar-refractivity contribution in [3.8, 4) is 0 Å². The molecule has 1 atom stereocenters. The molecule has 0 aliphatic heterocycles. The van der Waals surface area contributed by atoms with Gasteiger partial charge < -0.3 is 9.84 Å². The van der Waals surface area contributed by atoms with Gasteiger partial charge >= 0.3 is 0 Å². The van der Waals surface area contributed by atoms with Crippen LogP contribution in [0.4, 0.5) is 11.4 Å². The summed E-state index contributed by atoms with van der Waals surface area (Å²) in [5, 5.41) is 20.8. The maximum absolute atomic E-state index is 13.8. The summed E-state index contributed by atoms with van der Waals surface area (Å²) in [6, 6.07) is 10.9. The molecule has 2 aromatic carbocycles. The van der Waals surface area contributed by atoms with E-state index < -0.39 is 27.8 Å². The molecule has 2 heterocycles. The zero-order valence-corrected chi connectivity index (χ0v) is 20.9. The number of imidazole rings is 1. The maximum Gasteiger partial charge on any atom is 0.269 e. The molecule has 0 saturated heterocycles. The molecule has 4 rings (SSSR count). The molecular weight excluding hydrogens is 535 g/mol. The van der Waals surface area contributed by atoms with Gasteiger partial charge in [0.1, 0.15) is 5.52 Å². The molecule has 0 spiro atoms. The molecule has 0 amide bonds. The average molecular weight is 553 g/mol. The van der Waals surface area contributed by atoms with Crippen molar-refractivity contribution in [2.45, 2.75) is 17.7 Å². The summed E-state index contributed by atoms with van der Waals surface area (Å²) in [6.07, 6.45) is 0.390. The lowest BCUT2D eigenvalue weighted by Crippen LogP contribution is -2.37. The number of aliphatic hydroxyl groups excluding tert-OH is 1. The number of aromatic nitrogens is 4. The molecule has 12 nitrogen and oxygen atoms in total. The molecule has 0 saturated carbocycles. The number of hydrogen-bond donors (Lipinski definition) is 1. The SMILES string of the molecule is COC(CN(c1ccccc1CO)S(=O)(=O)c1ccc([N+](=O)[O-])cc1)n1cnc2c(Cl)nc(Cl)nc21. The van der Waals surface area contributed by atoms with E-state index >= 15 is 0 Å². The molecule has 0 fully saturated rings. The van der Waals surface area contributed by atoms with E-state index in [1.165, 1.54) is 24.1 Å². The fraction of sp³-hybridized carbons (Fsp3) is 0.190. The highest BCUT2D eigenvalue weighted by Crippen LogP contribution is 2.31. The van der Waals surface area contributed by atoms with Gasteiger partial charge in [0.25, 0.3) is 15.7 Å². The highest BCUT2D eigenvalue weighted by molar-refractivity contribution is 7.92. The number of non-ortho nitro benzene ring substituents is 1. The molecule has 0 aliphatic rings. The fourth-order valence-corrected chi connectivity index (χ4v) is 5.48. The molecule has 36 heavy (non-hydrogen) atoms. The Kier molecular flexibility index (Phi) is 7.38. The topological polar surface area (TPSA) is 154 Å². The van der Waals surface area contributed by atoms with E-state index in [1.54, 1.807) is 18.2 Å². The third-order valence-corrected chi connectivity index (χ3v) is 7.55. The molecule has 1 N–H and O–H groups in total. The van der Waals surface area contributed by atoms with E-state index in [0.717, 1.165) is 28.6 Å². The van der Waals surface area contributed by atoms with Crippen LogP contribution in [0.2, 0.25) is 10.4 Å². The predicted octanol–water partition coefficient (Wildman–Crippen LogP) is 3.57. The van der Waals surface area contributed by atoms with Gasteiger partial charge in [0, 0.05) is 24.8 Å². The van der Waals surface area contributed by atoms with Gasteiger partial charge in [-0.25, -0.2) is 18.4 Å². The first kappa shape index (κ1) is 25.7. The third-order valence-electron chi connectivity index (χ3n) is 5.32. The highest BCUT2D eigenvalue weighted by atomic mass is 35.5. The Labute approximate surface area is 214 Å². The molecule has 0 aliphatic carbocycles. The molecule has 1 unspecified atom stereocenters. The number of aliphatic hydroxyl groups is 1. The van der Waals surface area contributed by atoms with Crippen molar-refractivity contribution in [3.63, 3.8) is 0 Å². The monoisotopic (exact) mass is 552 g/mol. The number of benzene rings is 2. The number of fused-ring (bicyclic) bond motifs is 1. The molecular formula is C21H18Cl2N6O6S. The van der Waals surface area contributed by atoms with Crippen LogP contribution in [0.15, 0.2) is 59.8 Å². The zero-order valence-electron chi connectivity index (χ0n) is 18.5. The van der Waals surface area contributed by atoms with Crippen molar-refractivity contribution in [1.82, 2.24) is 19.5 Å². The Balaban J connectivity index is 1.84. The minimum atomic E-state index is -4.29. The minimum absolute atomic E-state index is 0.0135. The Morgan fingerprint density at radius 2 is 1.86 bits per heavy atom. The smallest absolute Gasteiger partial charge is 0.269 e. The fourth-order valence-electron chi connectivity index (χ4n) is 3.57. The van der Waals surface area contributed by atoms with Crippen LogP contribution >= 0.6 is 23.2 Å². The van der Waals surface area contributed by atoms with Crippen LogP contribution in [0, 0.1) is 10.1 Å². The first-order chi connectivity index (χ1) is 17.2. The first-order valence-corrected chi connectivity index (χ1v) is 12.4. The third kappa shape index (κ3) is 4.83. The second-order valence-corrected chi connectivity index (χ2v) is 9.93. The summed E-state index contributed by atoms with van der Waals surface area (Å²) >= 11 is 12.1. The number of para-hydroxylation sites is 1. The van der Waals surface area contributed by atoms with Crippen LogP contribution in [0.1, 0.15) is 11.8 Å². The lowest BCUT2D eigenvalue weighted by molar-refractivity contribution is -0.384. The van der Waals surface area contributed by atoms with Crippen molar-refractivity contribution in [2.75, 3.05) is 18.0 Å². The van der Waals surface area contributed by atoms with Gasteiger partial charge in [0.05, 0.1) is 35.0 Å². The molecule has 2 aromatic heterocycles. The van der Waals surface area contributed by atoms with E-state index in [2.05, 4.69) is 15.0 Å². The van der Waals surface area contributed by atoms with Crippen molar-refractivity contribution >= 4 is 55.8 Å². The van der Waals surface area contributed by atoms with Gasteiger partial charge in [-0.1, -0.05) is 29.8 Å². The number of nitrogens with zero attached hydrogens (tertiary/aromatic N) is 6. The lowest BCUT2D eigenvalue weighted by Gasteiger charge is -2.30. The largest absolute Gasteiger partial charge is 0.392 e. The second-order valence-electron chi connectivity index (χ2n) is 7.37. The normalized spacial score (nSPS) is 12.6. The quantitative estimate of drug-likeness (QED) is 0.142. The van der Waals surface area contributed by atoms with Crippen LogP contribution in [0.5, 0.6) is 0 Å². The minimum Gasteiger partial charge on any atom is -0.392 e. The van der Waals surface area contributed by atoms with Gasteiger partial charge in [-0.15, -0.1) is 0 Å². The van der Waals surface area contributed by atoms with Crippen LogP contribution in [0.3, 0.4) is 0 Å². The number of nitro groups is 1. The Hall–Kier alpha value is -3.36. The van der Waals surface area contributed by atoms with Gasteiger partial charge in [-0.05, 0) is 29.8 Å². The van der Waals surface area contributed by atoms with E-state index in [1.807, 2.05) is 0 Å². The van der Waals surface area contributed by atoms with Crippen LogP contribution in [-0.4, -0.2) is 51.6 Å². The maximum atomic E-state index is 13.8. The molecule has 188 valence electrons. The van der Waals surface area contributed by atoms with Gasteiger partial charge in [-0.2, -0.15) is 4.98 Å². The number of methoxy groups -OCH3 is 1. The number of rotatable bonds is 9. The summed E-state index contributed by atoms with van der Waals surface area (Å²) in [6.45, 7) is -0.732. The van der Waals surface area contributed by atoms with Crippen LogP contribution < -0.4 is 4.31 Å². The number of sulfonamides is 1. The summed E-state index contributed by atoms with van der Waals surface area (Å²) < 4.78 is 35.7. The van der Waals surface area contributed by atoms with Gasteiger partial charge in [-0.3, -0.25) is 19.0 Å². The average Bonchev–Trinajstić information content (AvgIpc) is 3.28. The Morgan fingerprint density at radius 1 is 1.17 bits per heavy atom. The molecule has 0 radical (unpaired) electrons. The summed E-state index contributed by atoms with van der Waals surface area (Å²) in [5.41, 5.74) is 0.722. The molecule has 4 aromatic rings. The number of anilines is 1. The van der Waals surface area contributed by atoms with Gasteiger partial charge in [0.15, 0.2) is 17.0 Å². The first-order valence-electron chi connectivity index (χ1n) is 10.2. The van der Waals surface area contributed by atoms with Gasteiger partial charge in [0.2, 0.25) is 5.28 Å². The Bertz CT molecular complexity index is 1530. The number of halogens is 2. The van der Waals surface area contributed by atoms with E-state index in [-0.39, 0.29) is 44.4 Å². The van der Waals surface area contributed by atoms with Crippen molar-refractivity contribution < 1.29 is 23.2 Å². The van der Waals surface area contributed by atoms with E-state index in [4.69, 9.17) is 27.9 Å². The molecule has 15 heteroatoms. The number of nitro benzene ring substituents is 1. The van der Waals surface area contributed by atoms with Crippen LogP contribution in [-0.2, 0) is 21.4 Å². The van der Waals surface area contributed by atoms with E-state index in [9.17, 15) is 23.6 Å². The number of ether oxygens (including phenoxy) is 1. The lowest BCUT2D eigenvalue weighted by atomic mass is 10.2. The summed E-state index contributed by atoms with van der Waals surface area (Å²) in [5.74, 6) is 0. The summed E-state index contributed by atoms with van der Waals surface area (Å²) in [4.78, 5) is 22.4. The van der Waals surface area contributed by atoms with Crippen molar-refractivity contribution in [3.05, 3.63) is 81.0 Å². The highest BCUT2D eigenvalue weighted by Gasteiger charge is 2.31. The predicted molar refractivity (Wildman–Crippen MR) is 131 cm³/mol. The zero-order chi connectivity index (χ0) is 26.0. The second kappa shape index (κ2) is 10.3. The standard InChI is InChI=1S/C21H18Cl2N6O6S/c1-35-17(27-12-24-18-19(22)25-21(23)26-20(18)27)10-28(16-5-3-2-4-13(16)11-30)36(33,34)15-8-6-14(7-9-15)29(31)32/h2-9,12,17,30H,10-11H2,1H3. The Morgan fingerprint density at radius 3 is 2.50 bits per heavy atom. The van der Waals surface area contributed by atoms with E-state index in [0.29, 0.717) is 5.56 Å². The van der Waals surface area contributed by atoms with Crippen molar-refractivity contribution in [2.24, 2.45) is 0 Å². The molecule has 0 bridgehead atoms. The summed E-state index contributed by atoms with van der Waals surface area (Å²) in [7, 11) is -2.92. The number of hydrogen-bond acceptors (Lipinski definition) is 9.